The SMILES string of the molecule is Cc1ccc(/C=C/C2CN(C(=O)OC(C)(C)C)C2)c(F)c1. The Morgan fingerprint density at radius 1 is 1.38 bits per heavy atom. The average molecular weight is 291 g/mol. The standard InChI is InChI=1S/C17H22FNO2/c1-12-5-7-14(15(18)9-12)8-6-13-10-19(11-13)16(20)21-17(2,3)4/h5-9,13H,10-11H2,1-4H3/b8-6+. The van der Waals surface area contributed by atoms with Gasteiger partial charge in [0.15, 0.2) is 0 Å². The van der Waals surface area contributed by atoms with Crippen molar-refractivity contribution in [2.75, 3.05) is 13.1 Å². The zero-order valence-corrected chi connectivity index (χ0v) is 13.0. The Morgan fingerprint density at radius 2 is 2.05 bits per heavy atom. The lowest BCUT2D eigenvalue weighted by Crippen LogP contribution is -2.50. The minimum Gasteiger partial charge on any atom is -0.444 e. The normalized spacial score (nSPS) is 16.1. The summed E-state index contributed by atoms with van der Waals surface area (Å²) in [4.78, 5) is 13.4. The van der Waals surface area contributed by atoms with Crippen LogP contribution in [0.3, 0.4) is 0 Å². The number of carbonyl (C=O) groups excluding carboxylic acids is 1. The van der Waals surface area contributed by atoms with Gasteiger partial charge in [-0.05, 0) is 39.3 Å². The molecular formula is C17H22FNO2. The first kappa shape index (κ1) is 15.5. The molecule has 1 aromatic carbocycles. The van der Waals surface area contributed by atoms with Crippen LogP contribution >= 0.6 is 0 Å². The van der Waals surface area contributed by atoms with E-state index in [4.69, 9.17) is 4.74 Å². The van der Waals surface area contributed by atoms with Gasteiger partial charge in [-0.2, -0.15) is 0 Å². The van der Waals surface area contributed by atoms with Crippen molar-refractivity contribution in [1.82, 2.24) is 4.90 Å². The minimum absolute atomic E-state index is 0.213. The van der Waals surface area contributed by atoms with Gasteiger partial charge in [0, 0.05) is 24.6 Å². The second-order valence-electron chi connectivity index (χ2n) is 6.53. The summed E-state index contributed by atoms with van der Waals surface area (Å²) in [6.07, 6.45) is 3.45. The molecule has 0 aromatic heterocycles. The van der Waals surface area contributed by atoms with E-state index >= 15 is 0 Å². The van der Waals surface area contributed by atoms with Crippen molar-refractivity contribution >= 4 is 12.2 Å². The Labute approximate surface area is 125 Å². The van der Waals surface area contributed by atoms with E-state index in [2.05, 4.69) is 0 Å². The van der Waals surface area contributed by atoms with Gasteiger partial charge in [0.1, 0.15) is 11.4 Å². The van der Waals surface area contributed by atoms with Crippen molar-refractivity contribution in [3.63, 3.8) is 0 Å². The molecule has 1 heterocycles. The number of nitrogens with zero attached hydrogens (tertiary/aromatic N) is 1. The third kappa shape index (κ3) is 4.31. The molecule has 1 aromatic rings. The highest BCUT2D eigenvalue weighted by Crippen LogP contribution is 2.22. The van der Waals surface area contributed by atoms with Crippen molar-refractivity contribution in [2.45, 2.75) is 33.3 Å². The lowest BCUT2D eigenvalue weighted by Gasteiger charge is -2.38. The van der Waals surface area contributed by atoms with Crippen molar-refractivity contribution < 1.29 is 13.9 Å². The minimum atomic E-state index is -0.469. The second-order valence-corrected chi connectivity index (χ2v) is 6.53. The van der Waals surface area contributed by atoms with E-state index < -0.39 is 5.60 Å². The lowest BCUT2D eigenvalue weighted by atomic mass is 9.99. The van der Waals surface area contributed by atoms with Gasteiger partial charge in [-0.15, -0.1) is 0 Å². The molecule has 0 unspecified atom stereocenters. The number of amides is 1. The molecule has 114 valence electrons. The van der Waals surface area contributed by atoms with Crippen LogP contribution in [0.2, 0.25) is 0 Å². The molecular weight excluding hydrogens is 269 g/mol. The van der Waals surface area contributed by atoms with Crippen LogP contribution in [-0.2, 0) is 4.74 Å². The van der Waals surface area contributed by atoms with Crippen LogP contribution in [0.5, 0.6) is 0 Å². The first-order valence-corrected chi connectivity index (χ1v) is 7.17. The van der Waals surface area contributed by atoms with E-state index in [1.807, 2.05) is 39.8 Å². The van der Waals surface area contributed by atoms with Gasteiger partial charge in [-0.3, -0.25) is 0 Å². The van der Waals surface area contributed by atoms with E-state index in [9.17, 15) is 9.18 Å². The van der Waals surface area contributed by atoms with Crippen LogP contribution in [0.4, 0.5) is 9.18 Å². The summed E-state index contributed by atoms with van der Waals surface area (Å²) in [5, 5.41) is 0. The molecule has 21 heavy (non-hydrogen) atoms. The number of ether oxygens (including phenoxy) is 1. The van der Waals surface area contributed by atoms with Gasteiger partial charge in [0.25, 0.3) is 0 Å². The molecule has 0 radical (unpaired) electrons. The molecule has 0 N–H and O–H groups in total. The monoisotopic (exact) mass is 291 g/mol. The van der Waals surface area contributed by atoms with E-state index in [1.54, 1.807) is 17.0 Å². The first-order chi connectivity index (χ1) is 9.74. The number of rotatable bonds is 2. The van der Waals surface area contributed by atoms with Crippen LogP contribution < -0.4 is 0 Å². The molecule has 4 heteroatoms. The van der Waals surface area contributed by atoms with Crippen LogP contribution in [-0.4, -0.2) is 29.7 Å². The predicted octanol–water partition coefficient (Wildman–Crippen LogP) is 4.01. The predicted molar refractivity (Wildman–Crippen MR) is 81.5 cm³/mol. The van der Waals surface area contributed by atoms with Gasteiger partial charge < -0.3 is 9.64 Å². The lowest BCUT2D eigenvalue weighted by molar-refractivity contribution is 0.00500. The number of hydrogen-bond acceptors (Lipinski definition) is 2. The Balaban J connectivity index is 1.85. The van der Waals surface area contributed by atoms with E-state index in [0.717, 1.165) is 5.56 Å². The van der Waals surface area contributed by atoms with E-state index in [1.165, 1.54) is 6.07 Å². The smallest absolute Gasteiger partial charge is 0.410 e. The molecule has 0 bridgehead atoms. The molecule has 0 spiro atoms. The maximum atomic E-state index is 13.7. The highest BCUT2D eigenvalue weighted by atomic mass is 19.1. The molecule has 0 aliphatic carbocycles. The fourth-order valence-electron chi connectivity index (χ4n) is 2.12. The van der Waals surface area contributed by atoms with Crippen molar-refractivity contribution in [3.05, 3.63) is 41.2 Å². The number of likely N-dealkylation sites (tertiary alicyclic amines) is 1. The van der Waals surface area contributed by atoms with Gasteiger partial charge in [-0.25, -0.2) is 9.18 Å². The Hall–Kier alpha value is -1.84. The number of aryl methyl sites for hydroxylation is 1. The van der Waals surface area contributed by atoms with Crippen molar-refractivity contribution in [2.24, 2.45) is 5.92 Å². The van der Waals surface area contributed by atoms with E-state index in [-0.39, 0.29) is 17.8 Å². The third-order valence-corrected chi connectivity index (χ3v) is 3.27. The van der Waals surface area contributed by atoms with Crippen LogP contribution in [0.1, 0.15) is 31.9 Å². The highest BCUT2D eigenvalue weighted by Gasteiger charge is 2.32. The molecule has 0 saturated carbocycles. The fraction of sp³-hybridized carbons (Fsp3) is 0.471. The topological polar surface area (TPSA) is 29.5 Å². The van der Waals surface area contributed by atoms with Crippen molar-refractivity contribution in [3.8, 4) is 0 Å². The molecule has 3 nitrogen and oxygen atoms in total. The molecule has 2 rings (SSSR count). The largest absolute Gasteiger partial charge is 0.444 e. The van der Waals surface area contributed by atoms with Gasteiger partial charge in [0.2, 0.25) is 0 Å². The molecule has 0 atom stereocenters. The van der Waals surface area contributed by atoms with E-state index in [0.29, 0.717) is 18.7 Å². The molecule has 1 saturated heterocycles. The molecule has 1 amide bonds. The molecule has 1 fully saturated rings. The summed E-state index contributed by atoms with van der Waals surface area (Å²) in [5.74, 6) is 0.0489. The van der Waals surface area contributed by atoms with Crippen LogP contribution in [0.25, 0.3) is 6.08 Å². The van der Waals surface area contributed by atoms with Gasteiger partial charge in [-0.1, -0.05) is 24.3 Å². The Bertz CT molecular complexity index is 554. The maximum absolute atomic E-state index is 13.7. The summed E-state index contributed by atoms with van der Waals surface area (Å²) < 4.78 is 19.0. The average Bonchev–Trinajstić information content (AvgIpc) is 2.27. The summed E-state index contributed by atoms with van der Waals surface area (Å²) in [6.45, 7) is 8.66. The van der Waals surface area contributed by atoms with Crippen LogP contribution in [0.15, 0.2) is 24.3 Å². The summed E-state index contributed by atoms with van der Waals surface area (Å²) in [6, 6.07) is 5.18. The third-order valence-electron chi connectivity index (χ3n) is 3.27. The maximum Gasteiger partial charge on any atom is 0.410 e. The number of hydrogen-bond donors (Lipinski definition) is 0. The highest BCUT2D eigenvalue weighted by molar-refractivity contribution is 5.69. The summed E-state index contributed by atoms with van der Waals surface area (Å²) in [7, 11) is 0. The quantitative estimate of drug-likeness (QED) is 0.824. The number of halogens is 1. The van der Waals surface area contributed by atoms with Crippen molar-refractivity contribution in [1.29, 1.82) is 0 Å². The zero-order chi connectivity index (χ0) is 15.6. The number of carbonyl (C=O) groups is 1. The second kappa shape index (κ2) is 5.88. The Morgan fingerprint density at radius 3 is 2.62 bits per heavy atom. The van der Waals surface area contributed by atoms with Gasteiger partial charge >= 0.3 is 6.09 Å². The number of benzene rings is 1. The zero-order valence-electron chi connectivity index (χ0n) is 13.0. The first-order valence-electron chi connectivity index (χ1n) is 7.17. The van der Waals surface area contributed by atoms with Crippen LogP contribution in [0, 0.1) is 18.7 Å². The molecule has 1 aliphatic heterocycles. The Kier molecular flexibility index (Phi) is 4.35. The van der Waals surface area contributed by atoms with Gasteiger partial charge in [0.05, 0.1) is 0 Å². The summed E-state index contributed by atoms with van der Waals surface area (Å²) >= 11 is 0. The summed E-state index contributed by atoms with van der Waals surface area (Å²) in [5.41, 5.74) is 1.02. The molecule has 1 aliphatic rings. The fourth-order valence-corrected chi connectivity index (χ4v) is 2.12.